The lowest BCUT2D eigenvalue weighted by Crippen LogP contribution is -2.45. The van der Waals surface area contributed by atoms with Crippen molar-refractivity contribution in [1.82, 2.24) is 0 Å². The standard InChI is InChI=1S/C13H25NO3/c1-12(2,11(15)16-3)10-17-13(9-14)7-5-4-6-8-13/h4-10,14H2,1-3H3. The fraction of sp³-hybridized carbons (Fsp3) is 0.923. The van der Waals surface area contributed by atoms with E-state index in [1.807, 2.05) is 13.8 Å². The van der Waals surface area contributed by atoms with E-state index in [4.69, 9.17) is 15.2 Å². The molecule has 1 aliphatic carbocycles. The van der Waals surface area contributed by atoms with E-state index in [1.54, 1.807) is 0 Å². The Labute approximate surface area is 104 Å². The molecule has 17 heavy (non-hydrogen) atoms. The smallest absolute Gasteiger partial charge is 0.313 e. The minimum absolute atomic E-state index is 0.219. The zero-order valence-corrected chi connectivity index (χ0v) is 11.3. The fourth-order valence-corrected chi connectivity index (χ4v) is 2.27. The summed E-state index contributed by atoms with van der Waals surface area (Å²) in [6.07, 6.45) is 5.58. The molecule has 0 aromatic heterocycles. The summed E-state index contributed by atoms with van der Waals surface area (Å²) in [6.45, 7) is 4.58. The van der Waals surface area contributed by atoms with Gasteiger partial charge in [0.05, 0.1) is 24.7 Å². The molecular formula is C13H25NO3. The van der Waals surface area contributed by atoms with Crippen molar-refractivity contribution < 1.29 is 14.3 Å². The topological polar surface area (TPSA) is 61.5 Å². The van der Waals surface area contributed by atoms with Crippen LogP contribution in [0.25, 0.3) is 0 Å². The highest BCUT2D eigenvalue weighted by atomic mass is 16.5. The van der Waals surface area contributed by atoms with Crippen molar-refractivity contribution in [3.8, 4) is 0 Å². The Balaban J connectivity index is 2.55. The molecule has 1 rings (SSSR count). The molecule has 0 spiro atoms. The van der Waals surface area contributed by atoms with Crippen LogP contribution in [0.3, 0.4) is 0 Å². The predicted molar refractivity (Wildman–Crippen MR) is 66.6 cm³/mol. The second-order valence-corrected chi connectivity index (χ2v) is 5.61. The van der Waals surface area contributed by atoms with Gasteiger partial charge in [0, 0.05) is 6.54 Å². The number of ether oxygens (including phenoxy) is 2. The Bertz CT molecular complexity index is 257. The second-order valence-electron chi connectivity index (χ2n) is 5.61. The normalized spacial score (nSPS) is 20.0. The SMILES string of the molecule is COC(=O)C(C)(C)COC1(CN)CCCCC1. The summed E-state index contributed by atoms with van der Waals surface area (Å²) in [5, 5.41) is 0. The van der Waals surface area contributed by atoms with Crippen LogP contribution in [0.15, 0.2) is 0 Å². The van der Waals surface area contributed by atoms with E-state index in [2.05, 4.69) is 0 Å². The molecule has 0 bridgehead atoms. The Kier molecular flexibility index (Phi) is 4.95. The third kappa shape index (κ3) is 3.68. The van der Waals surface area contributed by atoms with Crippen LogP contribution < -0.4 is 5.73 Å². The molecule has 4 heteroatoms. The van der Waals surface area contributed by atoms with E-state index in [1.165, 1.54) is 13.5 Å². The molecule has 0 amide bonds. The molecule has 1 aliphatic rings. The molecule has 0 atom stereocenters. The number of rotatable bonds is 5. The Hall–Kier alpha value is -0.610. The molecule has 0 aromatic carbocycles. The summed E-state index contributed by atoms with van der Waals surface area (Å²) < 4.78 is 10.8. The van der Waals surface area contributed by atoms with E-state index in [-0.39, 0.29) is 11.6 Å². The lowest BCUT2D eigenvalue weighted by atomic mass is 9.84. The van der Waals surface area contributed by atoms with Gasteiger partial charge in [-0.1, -0.05) is 19.3 Å². The number of methoxy groups -OCH3 is 1. The monoisotopic (exact) mass is 243 g/mol. The molecule has 2 N–H and O–H groups in total. The van der Waals surface area contributed by atoms with E-state index >= 15 is 0 Å². The molecule has 0 saturated heterocycles. The maximum absolute atomic E-state index is 11.6. The van der Waals surface area contributed by atoms with Crippen LogP contribution in [-0.4, -0.2) is 31.8 Å². The van der Waals surface area contributed by atoms with Crippen LogP contribution in [0.2, 0.25) is 0 Å². The van der Waals surface area contributed by atoms with Gasteiger partial charge < -0.3 is 15.2 Å². The predicted octanol–water partition coefficient (Wildman–Crippen LogP) is 1.86. The quantitative estimate of drug-likeness (QED) is 0.749. The van der Waals surface area contributed by atoms with Gasteiger partial charge in [0.25, 0.3) is 0 Å². The largest absolute Gasteiger partial charge is 0.469 e. The van der Waals surface area contributed by atoms with Gasteiger partial charge >= 0.3 is 5.97 Å². The highest BCUT2D eigenvalue weighted by molar-refractivity contribution is 5.75. The summed E-state index contributed by atoms with van der Waals surface area (Å²) in [4.78, 5) is 11.6. The van der Waals surface area contributed by atoms with Gasteiger partial charge in [-0.3, -0.25) is 4.79 Å². The lowest BCUT2D eigenvalue weighted by Gasteiger charge is -2.38. The van der Waals surface area contributed by atoms with Gasteiger partial charge in [0.2, 0.25) is 0 Å². The Morgan fingerprint density at radius 3 is 2.35 bits per heavy atom. The first kappa shape index (κ1) is 14.5. The fourth-order valence-electron chi connectivity index (χ4n) is 2.27. The average molecular weight is 243 g/mol. The maximum atomic E-state index is 11.6. The number of nitrogens with two attached hydrogens (primary N) is 1. The number of esters is 1. The Morgan fingerprint density at radius 2 is 1.88 bits per heavy atom. The molecule has 1 fully saturated rings. The minimum atomic E-state index is -0.603. The molecule has 0 heterocycles. The lowest BCUT2D eigenvalue weighted by molar-refractivity contribution is -0.160. The van der Waals surface area contributed by atoms with Gasteiger partial charge in [-0.2, -0.15) is 0 Å². The van der Waals surface area contributed by atoms with Gasteiger partial charge in [0.1, 0.15) is 0 Å². The van der Waals surface area contributed by atoms with Gasteiger partial charge in [-0.05, 0) is 26.7 Å². The van der Waals surface area contributed by atoms with Crippen molar-refractivity contribution in [3.05, 3.63) is 0 Å². The third-order valence-corrected chi connectivity index (χ3v) is 3.61. The van der Waals surface area contributed by atoms with Crippen LogP contribution in [-0.2, 0) is 14.3 Å². The number of carbonyl (C=O) groups is 1. The summed E-state index contributed by atoms with van der Waals surface area (Å²) >= 11 is 0. The highest BCUT2D eigenvalue weighted by Gasteiger charge is 2.36. The zero-order valence-electron chi connectivity index (χ0n) is 11.3. The van der Waals surface area contributed by atoms with Crippen LogP contribution >= 0.6 is 0 Å². The number of hydrogen-bond donors (Lipinski definition) is 1. The molecule has 100 valence electrons. The maximum Gasteiger partial charge on any atom is 0.313 e. The van der Waals surface area contributed by atoms with Crippen molar-refractivity contribution in [1.29, 1.82) is 0 Å². The van der Waals surface area contributed by atoms with Crippen molar-refractivity contribution in [2.75, 3.05) is 20.3 Å². The van der Waals surface area contributed by atoms with Gasteiger partial charge in [0.15, 0.2) is 0 Å². The van der Waals surface area contributed by atoms with E-state index < -0.39 is 5.41 Å². The highest BCUT2D eigenvalue weighted by Crippen LogP contribution is 2.32. The third-order valence-electron chi connectivity index (χ3n) is 3.61. The molecular weight excluding hydrogens is 218 g/mol. The average Bonchev–Trinajstić information content (AvgIpc) is 2.36. The molecule has 0 aliphatic heterocycles. The van der Waals surface area contributed by atoms with Crippen molar-refractivity contribution in [2.45, 2.75) is 51.6 Å². The van der Waals surface area contributed by atoms with Crippen LogP contribution in [0, 0.1) is 5.41 Å². The van der Waals surface area contributed by atoms with E-state index in [0.717, 1.165) is 25.7 Å². The van der Waals surface area contributed by atoms with Crippen LogP contribution in [0.5, 0.6) is 0 Å². The van der Waals surface area contributed by atoms with E-state index in [9.17, 15) is 4.79 Å². The minimum Gasteiger partial charge on any atom is -0.469 e. The number of carbonyl (C=O) groups excluding carboxylic acids is 1. The van der Waals surface area contributed by atoms with Crippen molar-refractivity contribution >= 4 is 5.97 Å². The van der Waals surface area contributed by atoms with Gasteiger partial charge in [-0.25, -0.2) is 0 Å². The molecule has 0 radical (unpaired) electrons. The van der Waals surface area contributed by atoms with Gasteiger partial charge in [-0.15, -0.1) is 0 Å². The second kappa shape index (κ2) is 5.83. The zero-order chi connectivity index (χ0) is 12.9. The summed E-state index contributed by atoms with van der Waals surface area (Å²) in [7, 11) is 1.41. The summed E-state index contributed by atoms with van der Waals surface area (Å²) in [5.74, 6) is -0.236. The van der Waals surface area contributed by atoms with Crippen molar-refractivity contribution in [3.63, 3.8) is 0 Å². The molecule has 0 aromatic rings. The van der Waals surface area contributed by atoms with E-state index in [0.29, 0.717) is 13.2 Å². The molecule has 0 unspecified atom stereocenters. The summed E-state index contributed by atoms with van der Waals surface area (Å²) in [5.41, 5.74) is 5.01. The summed E-state index contributed by atoms with van der Waals surface area (Å²) in [6, 6.07) is 0. The van der Waals surface area contributed by atoms with Crippen LogP contribution in [0.4, 0.5) is 0 Å². The molecule has 1 saturated carbocycles. The van der Waals surface area contributed by atoms with Crippen LogP contribution in [0.1, 0.15) is 46.0 Å². The van der Waals surface area contributed by atoms with Crippen molar-refractivity contribution in [2.24, 2.45) is 11.1 Å². The first-order valence-corrected chi connectivity index (χ1v) is 6.38. The Morgan fingerprint density at radius 1 is 1.29 bits per heavy atom. The first-order chi connectivity index (χ1) is 7.96. The first-order valence-electron chi connectivity index (χ1n) is 6.38. The number of hydrogen-bond acceptors (Lipinski definition) is 4. The molecule has 4 nitrogen and oxygen atoms in total.